The first-order chi connectivity index (χ1) is 6.36. The summed E-state index contributed by atoms with van der Waals surface area (Å²) >= 11 is 0. The molecule has 4 nitrogen and oxygen atoms in total. The summed E-state index contributed by atoms with van der Waals surface area (Å²) in [5, 5.41) is 0. The van der Waals surface area contributed by atoms with Gasteiger partial charge in [0, 0.05) is 24.9 Å². The Morgan fingerprint density at radius 1 is 1.38 bits per heavy atom. The predicted molar refractivity (Wildman–Crippen MR) is 49.2 cm³/mol. The SMILES string of the molecule is Nc1ncc(C2CCCOC2)cn1. The van der Waals surface area contributed by atoms with Crippen LogP contribution in [0.3, 0.4) is 0 Å². The smallest absolute Gasteiger partial charge is 0.219 e. The number of hydrogen-bond acceptors (Lipinski definition) is 4. The van der Waals surface area contributed by atoms with Gasteiger partial charge in [-0.05, 0) is 18.4 Å². The van der Waals surface area contributed by atoms with Gasteiger partial charge in [-0.15, -0.1) is 0 Å². The third kappa shape index (κ3) is 1.95. The van der Waals surface area contributed by atoms with E-state index in [-0.39, 0.29) is 0 Å². The lowest BCUT2D eigenvalue weighted by Gasteiger charge is -2.21. The molecule has 1 atom stereocenters. The van der Waals surface area contributed by atoms with E-state index in [4.69, 9.17) is 10.5 Å². The van der Waals surface area contributed by atoms with Gasteiger partial charge in [0.25, 0.3) is 0 Å². The molecule has 1 fully saturated rings. The Balaban J connectivity index is 2.10. The fraction of sp³-hybridized carbons (Fsp3) is 0.556. The molecule has 0 aromatic carbocycles. The molecule has 2 N–H and O–H groups in total. The normalized spacial score (nSPS) is 22.9. The quantitative estimate of drug-likeness (QED) is 0.697. The summed E-state index contributed by atoms with van der Waals surface area (Å²) < 4.78 is 5.38. The molecule has 2 rings (SSSR count). The molecule has 4 heteroatoms. The van der Waals surface area contributed by atoms with Crippen molar-refractivity contribution in [1.29, 1.82) is 0 Å². The molecule has 1 saturated heterocycles. The van der Waals surface area contributed by atoms with Crippen LogP contribution in [0.5, 0.6) is 0 Å². The van der Waals surface area contributed by atoms with E-state index in [0.717, 1.165) is 31.6 Å². The first-order valence-electron chi connectivity index (χ1n) is 4.51. The maximum Gasteiger partial charge on any atom is 0.219 e. The van der Waals surface area contributed by atoms with E-state index in [1.807, 2.05) is 0 Å². The topological polar surface area (TPSA) is 61.0 Å². The van der Waals surface area contributed by atoms with E-state index in [2.05, 4.69) is 9.97 Å². The van der Waals surface area contributed by atoms with Crippen molar-refractivity contribution in [2.75, 3.05) is 18.9 Å². The summed E-state index contributed by atoms with van der Waals surface area (Å²) in [6.07, 6.45) is 5.87. The first-order valence-corrected chi connectivity index (χ1v) is 4.51. The van der Waals surface area contributed by atoms with E-state index >= 15 is 0 Å². The summed E-state index contributed by atoms with van der Waals surface area (Å²) in [6.45, 7) is 1.67. The molecule has 2 heterocycles. The Kier molecular flexibility index (Phi) is 2.40. The van der Waals surface area contributed by atoms with Crippen LogP contribution in [0.15, 0.2) is 12.4 Å². The van der Waals surface area contributed by atoms with Crippen molar-refractivity contribution in [3.8, 4) is 0 Å². The van der Waals surface area contributed by atoms with Crippen molar-refractivity contribution in [1.82, 2.24) is 9.97 Å². The number of nitrogens with zero attached hydrogens (tertiary/aromatic N) is 2. The van der Waals surface area contributed by atoms with Crippen LogP contribution in [-0.2, 0) is 4.74 Å². The lowest BCUT2D eigenvalue weighted by atomic mass is 9.96. The number of nitrogen functional groups attached to an aromatic ring is 1. The van der Waals surface area contributed by atoms with Crippen LogP contribution >= 0.6 is 0 Å². The average molecular weight is 179 g/mol. The fourth-order valence-electron chi connectivity index (χ4n) is 1.56. The van der Waals surface area contributed by atoms with Crippen LogP contribution < -0.4 is 5.73 Å². The lowest BCUT2D eigenvalue weighted by Crippen LogP contribution is -2.16. The van der Waals surface area contributed by atoms with Crippen LogP contribution in [0.25, 0.3) is 0 Å². The molecule has 0 radical (unpaired) electrons. The van der Waals surface area contributed by atoms with Crippen molar-refractivity contribution in [3.05, 3.63) is 18.0 Å². The van der Waals surface area contributed by atoms with Gasteiger partial charge in [-0.3, -0.25) is 0 Å². The zero-order valence-corrected chi connectivity index (χ0v) is 7.44. The van der Waals surface area contributed by atoms with Gasteiger partial charge in [0.05, 0.1) is 6.61 Å². The van der Waals surface area contributed by atoms with E-state index < -0.39 is 0 Å². The van der Waals surface area contributed by atoms with Crippen LogP contribution in [0.2, 0.25) is 0 Å². The Hall–Kier alpha value is -1.16. The van der Waals surface area contributed by atoms with Gasteiger partial charge >= 0.3 is 0 Å². The van der Waals surface area contributed by atoms with Gasteiger partial charge in [-0.2, -0.15) is 0 Å². The van der Waals surface area contributed by atoms with E-state index in [9.17, 15) is 0 Å². The van der Waals surface area contributed by atoms with Crippen LogP contribution in [0.1, 0.15) is 24.3 Å². The Morgan fingerprint density at radius 3 is 2.77 bits per heavy atom. The molecule has 13 heavy (non-hydrogen) atoms. The maximum atomic E-state index is 5.40. The third-order valence-electron chi connectivity index (χ3n) is 2.32. The highest BCUT2D eigenvalue weighted by Crippen LogP contribution is 2.23. The zero-order chi connectivity index (χ0) is 9.10. The second-order valence-electron chi connectivity index (χ2n) is 3.29. The number of aromatic nitrogens is 2. The van der Waals surface area contributed by atoms with Gasteiger partial charge in [0.15, 0.2) is 0 Å². The fourth-order valence-corrected chi connectivity index (χ4v) is 1.56. The molecule has 1 aromatic heterocycles. The molecule has 1 unspecified atom stereocenters. The summed E-state index contributed by atoms with van der Waals surface area (Å²) in [7, 11) is 0. The second kappa shape index (κ2) is 3.70. The molecule has 0 amide bonds. The van der Waals surface area contributed by atoms with Gasteiger partial charge in [-0.25, -0.2) is 9.97 Å². The molecule has 0 spiro atoms. The van der Waals surface area contributed by atoms with Crippen LogP contribution in [-0.4, -0.2) is 23.2 Å². The molecular weight excluding hydrogens is 166 g/mol. The van der Waals surface area contributed by atoms with Crippen molar-refractivity contribution >= 4 is 5.95 Å². The summed E-state index contributed by atoms with van der Waals surface area (Å²) in [5.41, 5.74) is 6.54. The molecular formula is C9H13N3O. The minimum Gasteiger partial charge on any atom is -0.381 e. The van der Waals surface area contributed by atoms with Crippen molar-refractivity contribution in [2.45, 2.75) is 18.8 Å². The van der Waals surface area contributed by atoms with Gasteiger partial charge in [0.1, 0.15) is 0 Å². The van der Waals surface area contributed by atoms with E-state index in [1.165, 1.54) is 0 Å². The average Bonchev–Trinajstić information content (AvgIpc) is 2.20. The monoisotopic (exact) mass is 179 g/mol. The summed E-state index contributed by atoms with van der Waals surface area (Å²) in [4.78, 5) is 7.93. The van der Waals surface area contributed by atoms with Crippen molar-refractivity contribution in [3.63, 3.8) is 0 Å². The summed E-state index contributed by atoms with van der Waals surface area (Å²) in [6, 6.07) is 0. The highest BCUT2D eigenvalue weighted by atomic mass is 16.5. The third-order valence-corrected chi connectivity index (χ3v) is 2.32. The highest BCUT2D eigenvalue weighted by Gasteiger charge is 2.16. The molecule has 0 bridgehead atoms. The molecule has 1 aliphatic heterocycles. The largest absolute Gasteiger partial charge is 0.381 e. The molecule has 0 saturated carbocycles. The van der Waals surface area contributed by atoms with Crippen LogP contribution in [0.4, 0.5) is 5.95 Å². The molecule has 0 aliphatic carbocycles. The number of rotatable bonds is 1. The standard InChI is InChI=1S/C9H13N3O/c10-9-11-4-8(5-12-9)7-2-1-3-13-6-7/h4-5,7H,1-3,6H2,(H2,10,11,12). The highest BCUT2D eigenvalue weighted by molar-refractivity contribution is 5.20. The van der Waals surface area contributed by atoms with Crippen LogP contribution in [0, 0.1) is 0 Å². The Bertz CT molecular complexity index is 267. The Morgan fingerprint density at radius 2 is 2.15 bits per heavy atom. The minimum absolute atomic E-state index is 0.334. The van der Waals surface area contributed by atoms with Gasteiger partial charge in [0.2, 0.25) is 5.95 Å². The number of nitrogens with two attached hydrogens (primary N) is 1. The molecule has 70 valence electrons. The van der Waals surface area contributed by atoms with E-state index in [0.29, 0.717) is 11.9 Å². The lowest BCUT2D eigenvalue weighted by molar-refractivity contribution is 0.0802. The first kappa shape index (κ1) is 8.44. The predicted octanol–water partition coefficient (Wildman–Crippen LogP) is 0.953. The van der Waals surface area contributed by atoms with Crippen molar-refractivity contribution < 1.29 is 4.74 Å². The second-order valence-corrected chi connectivity index (χ2v) is 3.29. The zero-order valence-electron chi connectivity index (χ0n) is 7.44. The number of hydrogen-bond donors (Lipinski definition) is 1. The summed E-state index contributed by atoms with van der Waals surface area (Å²) in [5.74, 6) is 0.787. The maximum absolute atomic E-state index is 5.40. The number of ether oxygens (including phenoxy) is 1. The van der Waals surface area contributed by atoms with Crippen molar-refractivity contribution in [2.24, 2.45) is 0 Å². The van der Waals surface area contributed by atoms with Gasteiger partial charge in [-0.1, -0.05) is 0 Å². The molecule has 1 aromatic rings. The Labute approximate surface area is 77.1 Å². The number of anilines is 1. The van der Waals surface area contributed by atoms with E-state index in [1.54, 1.807) is 12.4 Å². The molecule has 1 aliphatic rings. The minimum atomic E-state index is 0.334. The van der Waals surface area contributed by atoms with Gasteiger partial charge < -0.3 is 10.5 Å².